The Bertz CT molecular complexity index is 358. The maximum atomic E-state index is 4.60. The van der Waals surface area contributed by atoms with Crippen molar-refractivity contribution in [3.8, 4) is 0 Å². The molecule has 18 heavy (non-hydrogen) atoms. The largest absolute Gasteiger partial charge is 0.334 e. The number of nitrogens with one attached hydrogen (secondary N) is 1. The molecule has 3 unspecified atom stereocenters. The summed E-state index contributed by atoms with van der Waals surface area (Å²) < 4.78 is 2.32. The molecule has 102 valence electrons. The predicted octanol–water partition coefficient (Wildman–Crippen LogP) is 3.38. The van der Waals surface area contributed by atoms with Gasteiger partial charge in [-0.2, -0.15) is 0 Å². The minimum atomic E-state index is 0.433. The highest BCUT2D eigenvalue weighted by Gasteiger charge is 2.32. The summed E-state index contributed by atoms with van der Waals surface area (Å²) in [4.78, 5) is 4.60. The zero-order valence-electron chi connectivity index (χ0n) is 12.0. The van der Waals surface area contributed by atoms with Crippen molar-refractivity contribution in [3.05, 3.63) is 18.2 Å². The van der Waals surface area contributed by atoms with Gasteiger partial charge in [-0.05, 0) is 38.1 Å². The maximum Gasteiger partial charge on any atom is 0.126 e. The Morgan fingerprint density at radius 1 is 1.44 bits per heavy atom. The summed E-state index contributed by atoms with van der Waals surface area (Å²) in [6, 6.07) is 0.433. The van der Waals surface area contributed by atoms with Gasteiger partial charge in [-0.15, -0.1) is 0 Å². The summed E-state index contributed by atoms with van der Waals surface area (Å²) >= 11 is 0. The molecule has 1 N–H and O–H groups in total. The summed E-state index contributed by atoms with van der Waals surface area (Å²) in [7, 11) is 2.08. The third-order valence-corrected chi connectivity index (χ3v) is 4.43. The summed E-state index contributed by atoms with van der Waals surface area (Å²) in [6.07, 6.45) is 10.7. The molecule has 0 amide bonds. The van der Waals surface area contributed by atoms with E-state index in [2.05, 4.69) is 42.0 Å². The van der Waals surface area contributed by atoms with E-state index in [0.717, 1.165) is 18.4 Å². The fraction of sp³-hybridized carbons (Fsp3) is 0.800. The van der Waals surface area contributed by atoms with Gasteiger partial charge < -0.3 is 9.88 Å². The van der Waals surface area contributed by atoms with Gasteiger partial charge in [-0.3, -0.25) is 0 Å². The van der Waals surface area contributed by atoms with Gasteiger partial charge >= 0.3 is 0 Å². The zero-order valence-corrected chi connectivity index (χ0v) is 12.0. The highest BCUT2D eigenvalue weighted by molar-refractivity contribution is 5.03. The molecule has 0 aliphatic heterocycles. The Kier molecular flexibility index (Phi) is 4.81. The summed E-state index contributed by atoms with van der Waals surface area (Å²) in [5.74, 6) is 2.93. The van der Waals surface area contributed by atoms with Crippen LogP contribution in [0.15, 0.2) is 12.4 Å². The first-order valence-electron chi connectivity index (χ1n) is 7.48. The van der Waals surface area contributed by atoms with Gasteiger partial charge in [-0.1, -0.05) is 26.7 Å². The molecular weight excluding hydrogens is 222 g/mol. The lowest BCUT2D eigenvalue weighted by Gasteiger charge is -2.23. The first-order valence-corrected chi connectivity index (χ1v) is 7.48. The molecule has 3 heteroatoms. The average Bonchev–Trinajstić information content (AvgIpc) is 3.01. The molecule has 1 aromatic rings. The molecule has 0 saturated heterocycles. The van der Waals surface area contributed by atoms with Crippen LogP contribution in [0.5, 0.6) is 0 Å². The lowest BCUT2D eigenvalue weighted by Crippen LogP contribution is -2.27. The quantitative estimate of drug-likeness (QED) is 0.837. The van der Waals surface area contributed by atoms with Crippen molar-refractivity contribution in [2.75, 3.05) is 7.05 Å². The van der Waals surface area contributed by atoms with Gasteiger partial charge in [0.2, 0.25) is 0 Å². The van der Waals surface area contributed by atoms with Crippen LogP contribution in [0.2, 0.25) is 0 Å². The van der Waals surface area contributed by atoms with Crippen LogP contribution in [-0.4, -0.2) is 16.6 Å². The van der Waals surface area contributed by atoms with Crippen LogP contribution in [0.3, 0.4) is 0 Å². The predicted molar refractivity (Wildman–Crippen MR) is 75.4 cm³/mol. The number of aromatic nitrogens is 2. The van der Waals surface area contributed by atoms with E-state index in [1.807, 2.05) is 6.20 Å². The molecule has 3 atom stereocenters. The maximum absolute atomic E-state index is 4.60. The van der Waals surface area contributed by atoms with Crippen LogP contribution < -0.4 is 5.32 Å². The van der Waals surface area contributed by atoms with Crippen LogP contribution in [-0.2, 0) is 6.54 Å². The highest BCUT2D eigenvalue weighted by atomic mass is 15.1. The molecule has 1 heterocycles. The standard InChI is InChI=1S/C15H27N3/c1-4-9-18-10-8-17-15(18)14(16-3)13-7-6-12(5-2)11-13/h8,10,12-14,16H,4-7,9,11H2,1-3H3. The summed E-state index contributed by atoms with van der Waals surface area (Å²) in [5.41, 5.74) is 0. The number of aryl methyl sites for hydroxylation is 1. The van der Waals surface area contributed by atoms with Crippen LogP contribution in [0, 0.1) is 11.8 Å². The van der Waals surface area contributed by atoms with Crippen LogP contribution in [0.4, 0.5) is 0 Å². The molecule has 3 nitrogen and oxygen atoms in total. The van der Waals surface area contributed by atoms with E-state index in [9.17, 15) is 0 Å². The minimum Gasteiger partial charge on any atom is -0.334 e. The summed E-state index contributed by atoms with van der Waals surface area (Å²) in [5, 5.41) is 3.51. The Morgan fingerprint density at radius 3 is 2.89 bits per heavy atom. The Morgan fingerprint density at radius 2 is 2.28 bits per heavy atom. The van der Waals surface area contributed by atoms with E-state index < -0.39 is 0 Å². The van der Waals surface area contributed by atoms with Crippen molar-refractivity contribution in [1.29, 1.82) is 0 Å². The normalized spacial score (nSPS) is 25.5. The van der Waals surface area contributed by atoms with Crippen molar-refractivity contribution >= 4 is 0 Å². The summed E-state index contributed by atoms with van der Waals surface area (Å²) in [6.45, 7) is 5.62. The molecule has 0 aromatic carbocycles. The second-order valence-electron chi connectivity index (χ2n) is 5.59. The van der Waals surface area contributed by atoms with Crippen molar-refractivity contribution in [2.45, 2.75) is 58.5 Å². The third kappa shape index (κ3) is 2.77. The molecular formula is C15H27N3. The highest BCUT2D eigenvalue weighted by Crippen LogP contribution is 2.39. The van der Waals surface area contributed by atoms with Gasteiger partial charge in [0.25, 0.3) is 0 Å². The molecule has 1 aliphatic carbocycles. The topological polar surface area (TPSA) is 29.9 Å². The van der Waals surface area contributed by atoms with Crippen molar-refractivity contribution in [2.24, 2.45) is 11.8 Å². The molecule has 1 aromatic heterocycles. The van der Waals surface area contributed by atoms with E-state index in [4.69, 9.17) is 0 Å². The minimum absolute atomic E-state index is 0.433. The van der Waals surface area contributed by atoms with E-state index in [1.165, 1.54) is 37.9 Å². The Labute approximate surface area is 111 Å². The molecule has 0 radical (unpaired) electrons. The molecule has 1 aliphatic rings. The van der Waals surface area contributed by atoms with Crippen LogP contribution in [0.25, 0.3) is 0 Å². The van der Waals surface area contributed by atoms with E-state index >= 15 is 0 Å². The fourth-order valence-corrected chi connectivity index (χ4v) is 3.39. The average molecular weight is 249 g/mol. The van der Waals surface area contributed by atoms with Crippen LogP contribution >= 0.6 is 0 Å². The second kappa shape index (κ2) is 6.37. The van der Waals surface area contributed by atoms with Crippen molar-refractivity contribution < 1.29 is 0 Å². The fourth-order valence-electron chi connectivity index (χ4n) is 3.39. The van der Waals surface area contributed by atoms with Gasteiger partial charge in [-0.25, -0.2) is 4.98 Å². The Balaban J connectivity index is 2.10. The molecule has 0 spiro atoms. The van der Waals surface area contributed by atoms with E-state index in [0.29, 0.717) is 6.04 Å². The number of hydrogen-bond acceptors (Lipinski definition) is 2. The third-order valence-electron chi connectivity index (χ3n) is 4.43. The van der Waals surface area contributed by atoms with Crippen molar-refractivity contribution in [3.63, 3.8) is 0 Å². The number of rotatable bonds is 6. The number of imidazole rings is 1. The molecule has 2 rings (SSSR count). The van der Waals surface area contributed by atoms with Gasteiger partial charge in [0.15, 0.2) is 0 Å². The Hall–Kier alpha value is -0.830. The van der Waals surface area contributed by atoms with E-state index in [-0.39, 0.29) is 0 Å². The lowest BCUT2D eigenvalue weighted by atomic mass is 9.95. The SMILES string of the molecule is CCCn1ccnc1C(NC)C1CCC(CC)C1. The second-order valence-corrected chi connectivity index (χ2v) is 5.59. The van der Waals surface area contributed by atoms with E-state index in [1.54, 1.807) is 0 Å². The first-order chi connectivity index (χ1) is 8.80. The number of hydrogen-bond donors (Lipinski definition) is 1. The van der Waals surface area contributed by atoms with Gasteiger partial charge in [0.1, 0.15) is 5.82 Å². The molecule has 0 bridgehead atoms. The van der Waals surface area contributed by atoms with Gasteiger partial charge in [0, 0.05) is 18.9 Å². The number of nitrogens with zero attached hydrogens (tertiary/aromatic N) is 2. The monoisotopic (exact) mass is 249 g/mol. The first kappa shape index (κ1) is 13.6. The lowest BCUT2D eigenvalue weighted by molar-refractivity contribution is 0.348. The zero-order chi connectivity index (χ0) is 13.0. The smallest absolute Gasteiger partial charge is 0.126 e. The molecule has 1 fully saturated rings. The van der Waals surface area contributed by atoms with Crippen LogP contribution in [0.1, 0.15) is 57.8 Å². The van der Waals surface area contributed by atoms with Crippen molar-refractivity contribution in [1.82, 2.24) is 14.9 Å². The molecule has 1 saturated carbocycles. The van der Waals surface area contributed by atoms with Gasteiger partial charge in [0.05, 0.1) is 6.04 Å².